The Hall–Kier alpha value is -2.63. The van der Waals surface area contributed by atoms with Gasteiger partial charge in [-0.3, -0.25) is 9.59 Å². The summed E-state index contributed by atoms with van der Waals surface area (Å²) in [5, 5.41) is 7.28. The van der Waals surface area contributed by atoms with Crippen molar-refractivity contribution >= 4 is 11.9 Å². The highest BCUT2D eigenvalue weighted by atomic mass is 16.6. The topological polar surface area (TPSA) is 73.2 Å². The van der Waals surface area contributed by atoms with Gasteiger partial charge in [-0.2, -0.15) is 5.10 Å². The van der Waals surface area contributed by atoms with Gasteiger partial charge in [-0.15, -0.1) is 0 Å². The molecule has 1 atom stereocenters. The van der Waals surface area contributed by atoms with Gasteiger partial charge in [0.1, 0.15) is 5.60 Å². The summed E-state index contributed by atoms with van der Waals surface area (Å²) in [4.78, 5) is 24.4. The largest absolute Gasteiger partial charge is 0.458 e. The molecule has 25 heavy (non-hydrogen) atoms. The molecule has 0 radical (unpaired) electrons. The number of hydrogen-bond acceptors (Lipinski definition) is 4. The summed E-state index contributed by atoms with van der Waals surface area (Å²) in [5.41, 5.74) is 1.33. The minimum atomic E-state index is -0.560. The zero-order valence-corrected chi connectivity index (χ0v) is 14.0. The summed E-state index contributed by atoms with van der Waals surface area (Å²) < 4.78 is 7.32. The molecule has 1 aromatic heterocycles. The summed E-state index contributed by atoms with van der Waals surface area (Å²) in [6, 6.07) is 9.81. The predicted molar refractivity (Wildman–Crippen MR) is 90.8 cm³/mol. The number of esters is 1. The molecule has 130 valence electrons. The number of aromatic nitrogens is 2. The molecule has 1 saturated heterocycles. The second kappa shape index (κ2) is 6.35. The number of rotatable bonds is 4. The van der Waals surface area contributed by atoms with E-state index in [1.165, 1.54) is 0 Å². The molecule has 0 unspecified atom stereocenters. The highest BCUT2D eigenvalue weighted by Crippen LogP contribution is 2.45. The first-order valence-electron chi connectivity index (χ1n) is 8.75. The van der Waals surface area contributed by atoms with E-state index in [0.717, 1.165) is 36.9 Å². The van der Waals surface area contributed by atoms with E-state index in [4.69, 9.17) is 4.74 Å². The molecule has 1 aliphatic heterocycles. The molecule has 2 aliphatic rings. The first kappa shape index (κ1) is 15.9. The molecular weight excluding hydrogens is 318 g/mol. The second-order valence-corrected chi connectivity index (χ2v) is 6.85. The smallest absolute Gasteiger partial charge is 0.307 e. The van der Waals surface area contributed by atoms with Gasteiger partial charge in [0.05, 0.1) is 24.2 Å². The minimum Gasteiger partial charge on any atom is -0.458 e. The molecule has 2 fully saturated rings. The number of ether oxygens (including phenoxy) is 1. The molecule has 1 spiro atoms. The maximum atomic E-state index is 12.6. The lowest BCUT2D eigenvalue weighted by Gasteiger charge is -2.27. The van der Waals surface area contributed by atoms with Crippen LogP contribution >= 0.6 is 0 Å². The fourth-order valence-corrected chi connectivity index (χ4v) is 3.93. The Labute approximate surface area is 146 Å². The maximum absolute atomic E-state index is 12.6. The highest BCUT2D eigenvalue weighted by molar-refractivity contribution is 5.87. The summed E-state index contributed by atoms with van der Waals surface area (Å²) in [5.74, 6) is -0.717. The molecule has 1 amide bonds. The molecule has 1 aromatic carbocycles. The normalized spacial score (nSPS) is 21.4. The number of carbonyl (C=O) groups is 2. The molecule has 4 rings (SSSR count). The van der Waals surface area contributed by atoms with Crippen LogP contribution in [0.25, 0.3) is 5.69 Å². The molecule has 1 aliphatic carbocycles. The van der Waals surface area contributed by atoms with Crippen LogP contribution < -0.4 is 5.32 Å². The third kappa shape index (κ3) is 3.04. The van der Waals surface area contributed by atoms with Crippen molar-refractivity contribution in [1.29, 1.82) is 0 Å². The number of hydrogen-bond donors (Lipinski definition) is 1. The van der Waals surface area contributed by atoms with E-state index in [9.17, 15) is 9.59 Å². The van der Waals surface area contributed by atoms with Crippen molar-refractivity contribution in [2.24, 2.45) is 5.92 Å². The first-order valence-corrected chi connectivity index (χ1v) is 8.75. The molecule has 2 aromatic rings. The van der Waals surface area contributed by atoms with Crippen LogP contribution in [0.4, 0.5) is 0 Å². The van der Waals surface area contributed by atoms with Gasteiger partial charge in [-0.05, 0) is 37.8 Å². The third-order valence-corrected chi connectivity index (χ3v) is 5.21. The van der Waals surface area contributed by atoms with E-state index >= 15 is 0 Å². The molecular formula is C19H21N3O3. The van der Waals surface area contributed by atoms with E-state index in [-0.39, 0.29) is 24.2 Å². The zero-order chi connectivity index (χ0) is 17.3. The number of nitrogens with zero attached hydrogens (tertiary/aromatic N) is 2. The second-order valence-electron chi connectivity index (χ2n) is 6.85. The van der Waals surface area contributed by atoms with Gasteiger partial charge >= 0.3 is 5.97 Å². The van der Waals surface area contributed by atoms with Crippen LogP contribution in [0.2, 0.25) is 0 Å². The van der Waals surface area contributed by atoms with E-state index in [1.54, 1.807) is 10.9 Å². The van der Waals surface area contributed by atoms with Crippen molar-refractivity contribution in [3.8, 4) is 5.69 Å². The molecule has 0 bridgehead atoms. The minimum absolute atomic E-state index is 0.0970. The van der Waals surface area contributed by atoms with Gasteiger partial charge in [0, 0.05) is 18.3 Å². The van der Waals surface area contributed by atoms with E-state index in [2.05, 4.69) is 10.4 Å². The Kier molecular flexibility index (Phi) is 4.03. The van der Waals surface area contributed by atoms with Gasteiger partial charge in [0.15, 0.2) is 0 Å². The molecule has 6 heteroatoms. The number of amides is 1. The molecule has 6 nitrogen and oxygen atoms in total. The lowest BCUT2D eigenvalue weighted by atomic mass is 9.85. The van der Waals surface area contributed by atoms with E-state index < -0.39 is 5.60 Å². The van der Waals surface area contributed by atoms with Crippen molar-refractivity contribution in [2.75, 3.05) is 0 Å². The summed E-state index contributed by atoms with van der Waals surface area (Å²) >= 11 is 0. The van der Waals surface area contributed by atoms with E-state index in [0.29, 0.717) is 6.54 Å². The monoisotopic (exact) mass is 339 g/mol. The van der Waals surface area contributed by atoms with Crippen molar-refractivity contribution in [3.63, 3.8) is 0 Å². The van der Waals surface area contributed by atoms with Crippen LogP contribution in [0.1, 0.15) is 37.7 Å². The standard InChI is InChI=1S/C19H21N3O3/c23-17-10-16(19(25-17)8-4-5-9-19)18(24)20-11-14-12-21-22(13-14)15-6-2-1-3-7-15/h1-3,6-7,12-13,16H,4-5,8-11H2,(H,20,24)/t16-/m0/s1. The summed E-state index contributed by atoms with van der Waals surface area (Å²) in [6.45, 7) is 0.395. The molecule has 1 saturated carbocycles. The Morgan fingerprint density at radius 1 is 1.28 bits per heavy atom. The van der Waals surface area contributed by atoms with E-state index in [1.807, 2.05) is 36.5 Å². The van der Waals surface area contributed by atoms with Gasteiger partial charge in [-0.1, -0.05) is 18.2 Å². The van der Waals surface area contributed by atoms with Crippen LogP contribution in [0.3, 0.4) is 0 Å². The van der Waals surface area contributed by atoms with Gasteiger partial charge in [0.25, 0.3) is 0 Å². The van der Waals surface area contributed by atoms with Crippen molar-refractivity contribution in [1.82, 2.24) is 15.1 Å². The van der Waals surface area contributed by atoms with Crippen LogP contribution in [0.15, 0.2) is 42.7 Å². The highest BCUT2D eigenvalue weighted by Gasteiger charge is 2.53. The lowest BCUT2D eigenvalue weighted by molar-refractivity contribution is -0.149. The average molecular weight is 339 g/mol. The number of carbonyl (C=O) groups excluding carboxylic acids is 2. The number of benzene rings is 1. The third-order valence-electron chi connectivity index (χ3n) is 5.21. The van der Waals surface area contributed by atoms with Gasteiger partial charge in [-0.25, -0.2) is 4.68 Å². The fourth-order valence-electron chi connectivity index (χ4n) is 3.93. The Balaban J connectivity index is 1.41. The fraction of sp³-hybridized carbons (Fsp3) is 0.421. The molecule has 1 N–H and O–H groups in total. The zero-order valence-electron chi connectivity index (χ0n) is 14.0. The first-order chi connectivity index (χ1) is 12.2. The van der Waals surface area contributed by atoms with Gasteiger partial charge < -0.3 is 10.1 Å². The summed E-state index contributed by atoms with van der Waals surface area (Å²) in [7, 11) is 0. The van der Waals surface area contributed by atoms with Crippen LogP contribution in [-0.2, 0) is 20.9 Å². The van der Waals surface area contributed by atoms with Crippen molar-refractivity contribution in [3.05, 3.63) is 48.3 Å². The Morgan fingerprint density at radius 2 is 2.04 bits per heavy atom. The van der Waals surface area contributed by atoms with Crippen molar-refractivity contribution < 1.29 is 14.3 Å². The van der Waals surface area contributed by atoms with Crippen LogP contribution in [0, 0.1) is 5.92 Å². The quantitative estimate of drug-likeness (QED) is 0.868. The lowest BCUT2D eigenvalue weighted by Crippen LogP contribution is -2.42. The average Bonchev–Trinajstić information content (AvgIpc) is 3.35. The van der Waals surface area contributed by atoms with Gasteiger partial charge in [0.2, 0.25) is 5.91 Å². The van der Waals surface area contributed by atoms with Crippen molar-refractivity contribution in [2.45, 2.75) is 44.2 Å². The van der Waals surface area contributed by atoms with Crippen LogP contribution in [0.5, 0.6) is 0 Å². The maximum Gasteiger partial charge on any atom is 0.307 e. The predicted octanol–water partition coefficient (Wildman–Crippen LogP) is 2.36. The Morgan fingerprint density at radius 3 is 2.80 bits per heavy atom. The van der Waals surface area contributed by atoms with Crippen LogP contribution in [-0.4, -0.2) is 27.3 Å². The Bertz CT molecular complexity index is 778. The molecule has 2 heterocycles. The SMILES string of the molecule is O=C1C[C@@H](C(=O)NCc2cnn(-c3ccccc3)c2)C2(CCCC2)O1. The summed E-state index contributed by atoms with van der Waals surface area (Å²) in [6.07, 6.45) is 7.45. The number of para-hydroxylation sites is 1. The number of nitrogens with one attached hydrogen (secondary N) is 1.